The highest BCUT2D eigenvalue weighted by molar-refractivity contribution is 4.90. The van der Waals surface area contributed by atoms with E-state index in [1.54, 1.807) is 0 Å². The predicted octanol–water partition coefficient (Wildman–Crippen LogP) is 0.620. The van der Waals surface area contributed by atoms with Crippen LogP contribution in [0.1, 0.15) is 19.8 Å². The van der Waals surface area contributed by atoms with E-state index in [0.717, 1.165) is 18.0 Å². The number of nitrogens with one attached hydrogen (secondary N) is 1. The number of likely N-dealkylation sites (tertiary alicyclic amines) is 1. The van der Waals surface area contributed by atoms with Gasteiger partial charge in [-0.2, -0.15) is 0 Å². The third kappa shape index (κ3) is 2.52. The van der Waals surface area contributed by atoms with Crippen LogP contribution in [-0.4, -0.2) is 62.2 Å². The first-order valence-electron chi connectivity index (χ1n) is 6.29. The topological polar surface area (TPSA) is 18.5 Å². The number of nitrogens with zero attached hydrogens (tertiary/aromatic N) is 2. The van der Waals surface area contributed by atoms with Crippen molar-refractivity contribution in [2.24, 2.45) is 5.92 Å². The molecule has 3 heteroatoms. The van der Waals surface area contributed by atoms with Gasteiger partial charge in [0.1, 0.15) is 0 Å². The Hall–Kier alpha value is -0.120. The minimum Gasteiger partial charge on any atom is -0.315 e. The highest BCUT2D eigenvalue weighted by atomic mass is 15.2. The number of hydrogen-bond acceptors (Lipinski definition) is 3. The van der Waals surface area contributed by atoms with Crippen LogP contribution in [0.2, 0.25) is 0 Å². The van der Waals surface area contributed by atoms with E-state index in [2.05, 4.69) is 36.1 Å². The lowest BCUT2D eigenvalue weighted by Gasteiger charge is -2.40. The molecule has 2 heterocycles. The van der Waals surface area contributed by atoms with Crippen LogP contribution in [0.15, 0.2) is 0 Å². The van der Waals surface area contributed by atoms with Crippen LogP contribution >= 0.6 is 0 Å². The van der Waals surface area contributed by atoms with E-state index in [0.29, 0.717) is 0 Å². The molecule has 0 aromatic heterocycles. The molecular weight excluding hydrogens is 186 g/mol. The molecule has 0 aromatic carbocycles. The van der Waals surface area contributed by atoms with E-state index in [4.69, 9.17) is 0 Å². The van der Waals surface area contributed by atoms with Crippen LogP contribution in [0.5, 0.6) is 0 Å². The Balaban J connectivity index is 1.92. The number of hydrogen-bond donors (Lipinski definition) is 1. The lowest BCUT2D eigenvalue weighted by Crippen LogP contribution is -2.51. The molecule has 0 bridgehead atoms. The van der Waals surface area contributed by atoms with E-state index >= 15 is 0 Å². The quantitative estimate of drug-likeness (QED) is 0.722. The lowest BCUT2D eigenvalue weighted by molar-refractivity contribution is 0.0884. The second-order valence-corrected chi connectivity index (χ2v) is 5.46. The molecule has 88 valence electrons. The highest BCUT2D eigenvalue weighted by Crippen LogP contribution is 2.21. The van der Waals surface area contributed by atoms with Gasteiger partial charge in [-0.1, -0.05) is 6.92 Å². The molecule has 15 heavy (non-hydrogen) atoms. The van der Waals surface area contributed by atoms with Gasteiger partial charge in [0, 0.05) is 25.2 Å². The first-order chi connectivity index (χ1) is 7.18. The predicted molar refractivity (Wildman–Crippen MR) is 64.1 cm³/mol. The van der Waals surface area contributed by atoms with Gasteiger partial charge >= 0.3 is 0 Å². The minimum absolute atomic E-state index is 0.770. The summed E-state index contributed by atoms with van der Waals surface area (Å²) >= 11 is 0. The average Bonchev–Trinajstić information content (AvgIpc) is 2.64. The lowest BCUT2D eigenvalue weighted by atomic mass is 9.98. The van der Waals surface area contributed by atoms with E-state index in [9.17, 15) is 0 Å². The van der Waals surface area contributed by atoms with Crippen LogP contribution in [-0.2, 0) is 0 Å². The summed E-state index contributed by atoms with van der Waals surface area (Å²) in [6.45, 7) is 7.35. The maximum Gasteiger partial charge on any atom is 0.0258 e. The molecule has 0 aromatic rings. The Labute approximate surface area is 93.8 Å². The zero-order chi connectivity index (χ0) is 10.8. The fourth-order valence-electron chi connectivity index (χ4n) is 2.99. The van der Waals surface area contributed by atoms with Crippen molar-refractivity contribution in [3.63, 3.8) is 0 Å². The molecule has 3 nitrogen and oxygen atoms in total. The molecule has 2 saturated heterocycles. The third-order valence-corrected chi connectivity index (χ3v) is 4.10. The summed E-state index contributed by atoms with van der Waals surface area (Å²) in [7, 11) is 4.43. The van der Waals surface area contributed by atoms with Gasteiger partial charge in [-0.15, -0.1) is 0 Å². The molecule has 1 N–H and O–H groups in total. The third-order valence-electron chi connectivity index (χ3n) is 4.10. The van der Waals surface area contributed by atoms with Gasteiger partial charge in [0.2, 0.25) is 0 Å². The molecule has 3 unspecified atom stereocenters. The van der Waals surface area contributed by atoms with Crippen molar-refractivity contribution >= 4 is 0 Å². The molecule has 0 saturated carbocycles. The number of likely N-dealkylation sites (N-methyl/N-ethyl adjacent to an activating group) is 1. The van der Waals surface area contributed by atoms with Gasteiger partial charge < -0.3 is 10.2 Å². The Morgan fingerprint density at radius 3 is 2.67 bits per heavy atom. The monoisotopic (exact) mass is 211 g/mol. The normalized spacial score (nSPS) is 38.8. The van der Waals surface area contributed by atoms with Gasteiger partial charge in [-0.25, -0.2) is 0 Å². The zero-order valence-electron chi connectivity index (χ0n) is 10.4. The fraction of sp³-hybridized carbons (Fsp3) is 1.00. The highest BCUT2D eigenvalue weighted by Gasteiger charge is 2.32. The standard InChI is InChI=1S/C12H25N3/c1-10-7-13-8-12(10)15-6-4-5-11(9-15)14(2)3/h10-13H,4-9H2,1-3H3. The maximum absolute atomic E-state index is 3.51. The van der Waals surface area contributed by atoms with Gasteiger partial charge in [-0.3, -0.25) is 4.90 Å². The van der Waals surface area contributed by atoms with Gasteiger partial charge in [0.25, 0.3) is 0 Å². The molecule has 0 amide bonds. The Bertz CT molecular complexity index is 205. The minimum atomic E-state index is 0.770. The molecule has 0 radical (unpaired) electrons. The summed E-state index contributed by atoms with van der Waals surface area (Å²) in [5.74, 6) is 0.825. The van der Waals surface area contributed by atoms with Crippen molar-refractivity contribution in [2.45, 2.75) is 31.8 Å². The molecule has 2 rings (SSSR count). The van der Waals surface area contributed by atoms with Gasteiger partial charge in [0.15, 0.2) is 0 Å². The second kappa shape index (κ2) is 4.81. The van der Waals surface area contributed by atoms with Crippen molar-refractivity contribution in [3.05, 3.63) is 0 Å². The molecule has 2 aliphatic rings. The van der Waals surface area contributed by atoms with Crippen LogP contribution in [0, 0.1) is 5.92 Å². The Kier molecular flexibility index (Phi) is 3.65. The van der Waals surface area contributed by atoms with E-state index < -0.39 is 0 Å². The van der Waals surface area contributed by atoms with E-state index in [1.807, 2.05) is 0 Å². The largest absolute Gasteiger partial charge is 0.315 e. The summed E-state index contributed by atoms with van der Waals surface area (Å²) in [6, 6.07) is 1.55. The molecule has 2 fully saturated rings. The zero-order valence-corrected chi connectivity index (χ0v) is 10.4. The second-order valence-electron chi connectivity index (χ2n) is 5.46. The molecule has 0 aliphatic carbocycles. The average molecular weight is 211 g/mol. The molecule has 3 atom stereocenters. The summed E-state index contributed by atoms with van der Waals surface area (Å²) in [4.78, 5) is 5.10. The van der Waals surface area contributed by atoms with Crippen LogP contribution < -0.4 is 5.32 Å². The number of rotatable bonds is 2. The first-order valence-corrected chi connectivity index (χ1v) is 6.29. The summed E-state index contributed by atoms with van der Waals surface area (Å²) in [6.07, 6.45) is 2.74. The molecular formula is C12H25N3. The number of piperidine rings is 1. The maximum atomic E-state index is 3.51. The Morgan fingerprint density at radius 1 is 1.27 bits per heavy atom. The van der Waals surface area contributed by atoms with Crippen molar-refractivity contribution in [2.75, 3.05) is 40.3 Å². The van der Waals surface area contributed by atoms with Gasteiger partial charge in [-0.05, 0) is 45.9 Å². The SMILES string of the molecule is CC1CNCC1N1CCCC(N(C)C)C1. The summed E-state index contributed by atoms with van der Waals surface area (Å²) < 4.78 is 0. The fourth-order valence-corrected chi connectivity index (χ4v) is 2.99. The van der Waals surface area contributed by atoms with E-state index in [-0.39, 0.29) is 0 Å². The Morgan fingerprint density at radius 2 is 2.07 bits per heavy atom. The van der Waals surface area contributed by atoms with Crippen molar-refractivity contribution < 1.29 is 0 Å². The summed E-state index contributed by atoms with van der Waals surface area (Å²) in [5.41, 5.74) is 0. The van der Waals surface area contributed by atoms with Gasteiger partial charge in [0.05, 0.1) is 0 Å². The van der Waals surface area contributed by atoms with Crippen molar-refractivity contribution in [3.8, 4) is 0 Å². The van der Waals surface area contributed by atoms with Crippen molar-refractivity contribution in [1.29, 1.82) is 0 Å². The van der Waals surface area contributed by atoms with Crippen molar-refractivity contribution in [1.82, 2.24) is 15.1 Å². The van der Waals surface area contributed by atoms with Crippen LogP contribution in [0.4, 0.5) is 0 Å². The molecule has 2 aliphatic heterocycles. The van der Waals surface area contributed by atoms with E-state index in [1.165, 1.54) is 39.0 Å². The molecule has 0 spiro atoms. The summed E-state index contributed by atoms with van der Waals surface area (Å²) in [5, 5.41) is 3.51. The van der Waals surface area contributed by atoms with Crippen LogP contribution in [0.25, 0.3) is 0 Å². The smallest absolute Gasteiger partial charge is 0.0258 e. The first kappa shape index (κ1) is 11.4. The van der Waals surface area contributed by atoms with Crippen LogP contribution in [0.3, 0.4) is 0 Å².